The van der Waals surface area contributed by atoms with Gasteiger partial charge in [-0.15, -0.1) is 0 Å². The van der Waals surface area contributed by atoms with E-state index in [9.17, 15) is 13.0 Å². The molecule has 316 valence electrons. The molecule has 0 amide bonds. The van der Waals surface area contributed by atoms with Crippen molar-refractivity contribution in [1.29, 1.82) is 0 Å². The smallest absolute Gasteiger partial charge is 0.264 e. The Morgan fingerprint density at radius 3 is 2.18 bits per heavy atom. The van der Waals surface area contributed by atoms with Crippen molar-refractivity contribution in [2.75, 3.05) is 23.7 Å². The predicted molar refractivity (Wildman–Crippen MR) is 267 cm³/mol. The highest BCUT2D eigenvalue weighted by Crippen LogP contribution is 2.52. The van der Waals surface area contributed by atoms with E-state index in [1.807, 2.05) is 11.8 Å². The molecule has 5 aromatic carbocycles. The van der Waals surface area contributed by atoms with Crippen LogP contribution in [0, 0.1) is 3.57 Å². The summed E-state index contributed by atoms with van der Waals surface area (Å²) < 4.78 is 36.7. The number of unbranched alkanes of at least 4 members (excludes halogenated alkanes) is 3. The SMILES string of the molecule is CCCCC[N+]1=C(/C=C/C2=C(Sc3ccccc3I)C(=C/C=C3/N(CCCCS(=O)(=O)O)c4ccc5ccccc5c4C3(C)C)/CCC2)C(C)(C)c2c1ccc1ccccc21. The van der Waals surface area contributed by atoms with Gasteiger partial charge in [-0.25, -0.2) is 0 Å². The number of hydrogen-bond acceptors (Lipinski definition) is 4. The molecule has 0 spiro atoms. The lowest BCUT2D eigenvalue weighted by atomic mass is 9.78. The first kappa shape index (κ1) is 43.7. The summed E-state index contributed by atoms with van der Waals surface area (Å²) in [4.78, 5) is 4.99. The Morgan fingerprint density at radius 2 is 1.46 bits per heavy atom. The molecular formula is C53H58IN2O3S2+. The number of nitrogens with zero attached hydrogens (tertiary/aromatic N) is 2. The van der Waals surface area contributed by atoms with E-state index in [-0.39, 0.29) is 16.6 Å². The molecule has 2 aliphatic heterocycles. The summed E-state index contributed by atoms with van der Waals surface area (Å²) in [6, 6.07) is 35.2. The second kappa shape index (κ2) is 18.0. The van der Waals surface area contributed by atoms with Crippen molar-refractivity contribution in [2.24, 2.45) is 0 Å². The van der Waals surface area contributed by atoms with Crippen LogP contribution in [-0.4, -0.2) is 42.1 Å². The van der Waals surface area contributed by atoms with Crippen LogP contribution < -0.4 is 4.90 Å². The van der Waals surface area contributed by atoms with Crippen LogP contribution in [0.3, 0.4) is 0 Å². The molecule has 8 heteroatoms. The van der Waals surface area contributed by atoms with Crippen LogP contribution in [-0.2, 0) is 20.9 Å². The van der Waals surface area contributed by atoms with Crippen molar-refractivity contribution >= 4 is 83.1 Å². The third-order valence-electron chi connectivity index (χ3n) is 12.9. The maximum Gasteiger partial charge on any atom is 0.264 e. The molecule has 0 saturated heterocycles. The summed E-state index contributed by atoms with van der Waals surface area (Å²) in [5.41, 5.74) is 10.1. The molecule has 2 heterocycles. The Kier molecular flexibility index (Phi) is 12.9. The monoisotopic (exact) mass is 961 g/mol. The van der Waals surface area contributed by atoms with Crippen LogP contribution in [0.1, 0.15) is 97.1 Å². The minimum absolute atomic E-state index is 0.169. The first-order valence-corrected chi connectivity index (χ1v) is 25.5. The molecular weight excluding hydrogens is 904 g/mol. The van der Waals surface area contributed by atoms with E-state index >= 15 is 0 Å². The summed E-state index contributed by atoms with van der Waals surface area (Å²) in [6.45, 7) is 13.4. The largest absolute Gasteiger partial charge is 0.344 e. The van der Waals surface area contributed by atoms with Gasteiger partial charge < -0.3 is 4.90 Å². The zero-order valence-electron chi connectivity index (χ0n) is 36.2. The van der Waals surface area contributed by atoms with Crippen LogP contribution in [0.15, 0.2) is 148 Å². The number of thioether (sulfide) groups is 1. The Morgan fingerprint density at radius 1 is 0.770 bits per heavy atom. The topological polar surface area (TPSA) is 60.6 Å². The van der Waals surface area contributed by atoms with Gasteiger partial charge in [0, 0.05) is 60.8 Å². The van der Waals surface area contributed by atoms with E-state index in [2.05, 4.69) is 188 Å². The minimum Gasteiger partial charge on any atom is -0.344 e. The number of halogens is 1. The van der Waals surface area contributed by atoms with Crippen LogP contribution in [0.5, 0.6) is 0 Å². The molecule has 1 N–H and O–H groups in total. The van der Waals surface area contributed by atoms with Gasteiger partial charge in [0.1, 0.15) is 6.54 Å². The van der Waals surface area contributed by atoms with Gasteiger partial charge in [-0.05, 0) is 144 Å². The number of allylic oxidation sites excluding steroid dienone is 7. The van der Waals surface area contributed by atoms with Gasteiger partial charge in [0.2, 0.25) is 5.69 Å². The van der Waals surface area contributed by atoms with E-state index in [1.54, 1.807) is 0 Å². The van der Waals surface area contributed by atoms with Crippen molar-refractivity contribution in [2.45, 2.75) is 102 Å². The molecule has 3 aliphatic rings. The second-order valence-corrected chi connectivity index (χ2v) is 21.6. The van der Waals surface area contributed by atoms with Crippen molar-refractivity contribution in [3.8, 4) is 0 Å². The highest BCUT2D eigenvalue weighted by Gasteiger charge is 2.45. The summed E-state index contributed by atoms with van der Waals surface area (Å²) >= 11 is 4.37. The number of rotatable bonds is 14. The van der Waals surface area contributed by atoms with Crippen LogP contribution in [0.25, 0.3) is 21.5 Å². The first-order valence-electron chi connectivity index (χ1n) is 22.0. The Bertz CT molecular complexity index is 2770. The molecule has 5 aromatic rings. The Balaban J connectivity index is 1.23. The Hall–Kier alpha value is -3.96. The number of hydrogen-bond donors (Lipinski definition) is 1. The van der Waals surface area contributed by atoms with Crippen molar-refractivity contribution in [3.63, 3.8) is 0 Å². The van der Waals surface area contributed by atoms with Gasteiger partial charge in [0.05, 0.1) is 11.2 Å². The number of anilines is 1. The third kappa shape index (κ3) is 8.84. The average Bonchev–Trinajstić information content (AvgIpc) is 3.59. The van der Waals surface area contributed by atoms with Gasteiger partial charge >= 0.3 is 0 Å². The zero-order valence-corrected chi connectivity index (χ0v) is 40.0. The summed E-state index contributed by atoms with van der Waals surface area (Å²) in [5, 5.41) is 5.10. The molecule has 5 nitrogen and oxygen atoms in total. The summed E-state index contributed by atoms with van der Waals surface area (Å²) in [5.74, 6) is -0.229. The normalized spacial score (nSPS) is 18.7. The maximum atomic E-state index is 11.7. The lowest BCUT2D eigenvalue weighted by Gasteiger charge is -2.28. The fraction of sp³-hybridized carbons (Fsp3) is 0.340. The summed E-state index contributed by atoms with van der Waals surface area (Å²) in [6.07, 6.45) is 17.3. The van der Waals surface area contributed by atoms with E-state index in [0.717, 1.165) is 32.2 Å². The molecule has 0 aromatic heterocycles. The molecule has 1 aliphatic carbocycles. The van der Waals surface area contributed by atoms with Crippen molar-refractivity contribution in [1.82, 2.24) is 0 Å². The molecule has 0 saturated carbocycles. The second-order valence-electron chi connectivity index (χ2n) is 17.8. The summed E-state index contributed by atoms with van der Waals surface area (Å²) in [7, 11) is -4.02. The Labute approximate surface area is 381 Å². The highest BCUT2D eigenvalue weighted by atomic mass is 127. The van der Waals surface area contributed by atoms with Crippen molar-refractivity contribution in [3.05, 3.63) is 158 Å². The predicted octanol–water partition coefficient (Wildman–Crippen LogP) is 14.2. The minimum atomic E-state index is -4.02. The van der Waals surface area contributed by atoms with Gasteiger partial charge in [-0.2, -0.15) is 13.0 Å². The molecule has 0 unspecified atom stereocenters. The van der Waals surface area contributed by atoms with E-state index in [1.165, 1.54) is 92.8 Å². The fourth-order valence-electron chi connectivity index (χ4n) is 9.98. The highest BCUT2D eigenvalue weighted by molar-refractivity contribution is 14.1. The molecule has 0 fully saturated rings. The van der Waals surface area contributed by atoms with E-state index < -0.39 is 10.1 Å². The van der Waals surface area contributed by atoms with Gasteiger partial charge in [-0.3, -0.25) is 4.55 Å². The quantitative estimate of drug-likeness (QED) is 0.0520. The molecule has 8 rings (SSSR count). The molecule has 0 atom stereocenters. The van der Waals surface area contributed by atoms with Gasteiger partial charge in [0.25, 0.3) is 10.1 Å². The van der Waals surface area contributed by atoms with E-state index in [4.69, 9.17) is 0 Å². The van der Waals surface area contributed by atoms with Crippen LogP contribution in [0.2, 0.25) is 0 Å². The first-order chi connectivity index (χ1) is 29.3. The van der Waals surface area contributed by atoms with Crippen molar-refractivity contribution < 1.29 is 17.5 Å². The lowest BCUT2D eigenvalue weighted by molar-refractivity contribution is -0.438. The van der Waals surface area contributed by atoms with Gasteiger partial charge in [0.15, 0.2) is 5.71 Å². The maximum absolute atomic E-state index is 11.7. The molecule has 0 bridgehead atoms. The van der Waals surface area contributed by atoms with Crippen LogP contribution in [0.4, 0.5) is 11.4 Å². The van der Waals surface area contributed by atoms with Crippen LogP contribution >= 0.6 is 34.4 Å². The third-order valence-corrected chi connectivity index (χ3v) is 16.4. The molecule has 61 heavy (non-hydrogen) atoms. The molecule has 0 radical (unpaired) electrons. The van der Waals surface area contributed by atoms with Gasteiger partial charge in [-0.1, -0.05) is 118 Å². The van der Waals surface area contributed by atoms with E-state index in [0.29, 0.717) is 19.4 Å². The number of benzene rings is 5. The average molecular weight is 962 g/mol. The fourth-order valence-corrected chi connectivity index (χ4v) is 12.4. The standard InChI is InChI=1S/C53H57IN2O3S2/c1-6-7-14-34-55-44-30-26-37-18-8-10-22-41(37)49(44)52(2,3)47(55)32-28-39-20-17-21-40(51(39)60-46-25-13-12-24-43(46)54)29-33-48-53(4,5)50-42-23-11-9-19-38(42)27-31-45(50)56(48)35-15-16-36-61(57,58)59/h8-13,18-19,22-33H,6-7,14-17,20-21,34-36H2,1-5H3/p+1. The zero-order chi connectivity index (χ0) is 42.9. The lowest BCUT2D eigenvalue weighted by Crippen LogP contribution is -2.28. The number of fused-ring (bicyclic) bond motifs is 6.